The normalized spacial score (nSPS) is 20.9. The number of hydrogen-bond acceptors (Lipinski definition) is 4. The first-order valence-electron chi connectivity index (χ1n) is 10.1. The average Bonchev–Trinajstić information content (AvgIpc) is 3.35. The lowest BCUT2D eigenvalue weighted by atomic mass is 9.85. The fourth-order valence-electron chi connectivity index (χ4n) is 3.82. The zero-order valence-electron chi connectivity index (χ0n) is 16.5. The monoisotopic (exact) mass is 397 g/mol. The third-order valence-electron chi connectivity index (χ3n) is 5.61. The number of aryl methyl sites for hydroxylation is 1. The van der Waals surface area contributed by atoms with Gasteiger partial charge in [0.15, 0.2) is 0 Å². The Morgan fingerprint density at radius 1 is 1.24 bits per heavy atom. The molecule has 154 valence electrons. The number of aromatic nitrogens is 2. The van der Waals surface area contributed by atoms with Crippen LogP contribution < -0.4 is 10.6 Å². The summed E-state index contributed by atoms with van der Waals surface area (Å²) in [6, 6.07) is 9.49. The minimum absolute atomic E-state index is 0.0645. The highest BCUT2D eigenvalue weighted by Gasteiger charge is 2.37. The first-order chi connectivity index (χ1) is 14.0. The third kappa shape index (κ3) is 4.95. The second-order valence-electron chi connectivity index (χ2n) is 8.11. The smallest absolute Gasteiger partial charge is 0.319 e. The predicted octanol–water partition coefficient (Wildman–Crippen LogP) is 2.63. The van der Waals surface area contributed by atoms with Gasteiger partial charge in [-0.2, -0.15) is 5.10 Å². The Kier molecular flexibility index (Phi) is 5.53. The van der Waals surface area contributed by atoms with Gasteiger partial charge >= 0.3 is 12.0 Å². The number of urea groups is 1. The maximum Gasteiger partial charge on any atom is 0.319 e. The number of nitrogens with one attached hydrogen (secondary N) is 2. The van der Waals surface area contributed by atoms with E-state index < -0.39 is 5.97 Å². The van der Waals surface area contributed by atoms with Crippen LogP contribution in [0.2, 0.25) is 0 Å². The van der Waals surface area contributed by atoms with E-state index >= 15 is 0 Å². The predicted molar refractivity (Wildman–Crippen MR) is 109 cm³/mol. The van der Waals surface area contributed by atoms with Gasteiger partial charge in [-0.3, -0.25) is 9.69 Å². The topological polar surface area (TPSA) is 99.5 Å². The lowest BCUT2D eigenvalue weighted by molar-refractivity contribution is -0.139. The molecule has 2 aliphatic carbocycles. The van der Waals surface area contributed by atoms with Crippen molar-refractivity contribution in [1.82, 2.24) is 20.0 Å². The summed E-state index contributed by atoms with van der Waals surface area (Å²) in [7, 11) is 0. The number of hydrogen-bond donors (Lipinski definition) is 3. The summed E-state index contributed by atoms with van der Waals surface area (Å²) in [5.41, 5.74) is 2.39. The van der Waals surface area contributed by atoms with Crippen LogP contribution in [0.25, 0.3) is 5.69 Å². The van der Waals surface area contributed by atoms with Crippen molar-refractivity contribution in [1.29, 1.82) is 0 Å². The van der Waals surface area contributed by atoms with Crippen LogP contribution in [0.3, 0.4) is 0 Å². The largest absolute Gasteiger partial charge is 0.480 e. The van der Waals surface area contributed by atoms with Crippen molar-refractivity contribution in [2.45, 2.75) is 44.7 Å². The minimum Gasteiger partial charge on any atom is -0.480 e. The average molecular weight is 397 g/mol. The lowest BCUT2D eigenvalue weighted by Gasteiger charge is -2.42. The molecule has 3 N–H and O–H groups in total. The summed E-state index contributed by atoms with van der Waals surface area (Å²) in [5.74, 6) is -0.141. The van der Waals surface area contributed by atoms with E-state index in [0.29, 0.717) is 11.6 Å². The molecule has 0 aliphatic heterocycles. The molecule has 1 heterocycles. The molecular weight excluding hydrogens is 370 g/mol. The van der Waals surface area contributed by atoms with E-state index in [4.69, 9.17) is 5.11 Å². The van der Waals surface area contributed by atoms with Crippen LogP contribution >= 0.6 is 0 Å². The summed E-state index contributed by atoms with van der Waals surface area (Å²) >= 11 is 0. The van der Waals surface area contributed by atoms with Gasteiger partial charge < -0.3 is 15.7 Å². The Balaban J connectivity index is 1.31. The van der Waals surface area contributed by atoms with Gasteiger partial charge in [-0.25, -0.2) is 9.48 Å². The number of carbonyl (C=O) groups is 2. The van der Waals surface area contributed by atoms with Gasteiger partial charge in [-0.05, 0) is 56.7 Å². The zero-order valence-corrected chi connectivity index (χ0v) is 16.5. The van der Waals surface area contributed by atoms with Gasteiger partial charge in [0.2, 0.25) is 0 Å². The van der Waals surface area contributed by atoms with Crippen molar-refractivity contribution in [3.8, 4) is 5.69 Å². The molecule has 2 fully saturated rings. The van der Waals surface area contributed by atoms with Crippen molar-refractivity contribution in [3.05, 3.63) is 42.2 Å². The molecule has 0 saturated heterocycles. The van der Waals surface area contributed by atoms with E-state index in [1.807, 2.05) is 43.5 Å². The van der Waals surface area contributed by atoms with Crippen molar-refractivity contribution >= 4 is 17.7 Å². The van der Waals surface area contributed by atoms with E-state index in [1.165, 1.54) is 12.8 Å². The van der Waals surface area contributed by atoms with Gasteiger partial charge in [0.1, 0.15) is 0 Å². The fourth-order valence-corrected chi connectivity index (χ4v) is 3.82. The van der Waals surface area contributed by atoms with Gasteiger partial charge in [-0.15, -0.1) is 0 Å². The summed E-state index contributed by atoms with van der Waals surface area (Å²) in [6.45, 7) is 2.85. The molecular formula is C21H27N5O3. The van der Waals surface area contributed by atoms with Crippen molar-refractivity contribution < 1.29 is 14.7 Å². The van der Waals surface area contributed by atoms with Crippen LogP contribution in [-0.2, 0) is 4.79 Å². The highest BCUT2D eigenvalue weighted by atomic mass is 16.4. The fraction of sp³-hybridized carbons (Fsp3) is 0.476. The summed E-state index contributed by atoms with van der Waals surface area (Å²) in [6.07, 6.45) is 5.83. The number of amides is 2. The first kappa shape index (κ1) is 19.4. The Labute approximate surface area is 169 Å². The van der Waals surface area contributed by atoms with Crippen molar-refractivity contribution in [3.63, 3.8) is 0 Å². The quantitative estimate of drug-likeness (QED) is 0.636. The summed E-state index contributed by atoms with van der Waals surface area (Å²) in [4.78, 5) is 25.7. The number of carboxylic acids is 1. The van der Waals surface area contributed by atoms with Gasteiger partial charge in [0.05, 0.1) is 23.6 Å². The molecule has 2 aliphatic rings. The molecule has 1 aromatic heterocycles. The second-order valence-corrected chi connectivity index (χ2v) is 8.11. The molecule has 0 radical (unpaired) electrons. The number of anilines is 1. The highest BCUT2D eigenvalue weighted by Crippen LogP contribution is 2.33. The second kappa shape index (κ2) is 8.24. The molecule has 0 bridgehead atoms. The van der Waals surface area contributed by atoms with Crippen LogP contribution in [-0.4, -0.2) is 57.0 Å². The Hall–Kier alpha value is -2.87. The summed E-state index contributed by atoms with van der Waals surface area (Å²) in [5, 5.41) is 19.5. The molecule has 0 atom stereocenters. The Morgan fingerprint density at radius 3 is 2.66 bits per heavy atom. The molecule has 8 heteroatoms. The number of nitrogens with zero attached hydrogens (tertiary/aromatic N) is 3. The number of rotatable bonds is 8. The minimum atomic E-state index is -0.787. The number of para-hydroxylation sites is 2. The van der Waals surface area contributed by atoms with Crippen LogP contribution in [0.4, 0.5) is 10.5 Å². The molecule has 4 rings (SSSR count). The summed E-state index contributed by atoms with van der Waals surface area (Å²) < 4.78 is 1.74. The number of carboxylic acid groups (broad SMARTS) is 1. The molecule has 2 saturated carbocycles. The molecule has 2 amide bonds. The molecule has 2 aromatic rings. The third-order valence-corrected chi connectivity index (χ3v) is 5.61. The molecule has 0 spiro atoms. The maximum atomic E-state index is 12.5. The van der Waals surface area contributed by atoms with E-state index in [1.54, 1.807) is 4.68 Å². The van der Waals surface area contributed by atoms with Crippen LogP contribution in [0.5, 0.6) is 0 Å². The van der Waals surface area contributed by atoms with Gasteiger partial charge in [0.25, 0.3) is 0 Å². The van der Waals surface area contributed by atoms with Crippen molar-refractivity contribution in [2.75, 3.05) is 18.4 Å². The van der Waals surface area contributed by atoms with Gasteiger partial charge in [0, 0.05) is 24.8 Å². The molecule has 0 unspecified atom stereocenters. The molecule has 1 aromatic carbocycles. The van der Waals surface area contributed by atoms with Crippen LogP contribution in [0, 0.1) is 12.8 Å². The standard InChI is InChI=1S/C21H27N5O3/c1-14-8-9-26(24-14)19-5-3-2-4-18(19)23-21(29)22-16-10-17(11-16)25(13-20(27)28)12-15-6-7-15/h2-5,8-9,15-17H,6-7,10-13H2,1H3,(H,27,28)(H2,22,23,29). The first-order valence-corrected chi connectivity index (χ1v) is 10.1. The number of carbonyl (C=O) groups excluding carboxylic acids is 1. The zero-order chi connectivity index (χ0) is 20.4. The van der Waals surface area contributed by atoms with E-state index in [-0.39, 0.29) is 24.7 Å². The maximum absolute atomic E-state index is 12.5. The van der Waals surface area contributed by atoms with Crippen LogP contribution in [0.15, 0.2) is 36.5 Å². The van der Waals surface area contributed by atoms with Crippen molar-refractivity contribution in [2.24, 2.45) is 5.92 Å². The highest BCUT2D eigenvalue weighted by molar-refractivity contribution is 5.91. The SMILES string of the molecule is Cc1ccn(-c2ccccc2NC(=O)NC2CC(N(CC(=O)O)CC3CC3)C2)n1. The molecule has 29 heavy (non-hydrogen) atoms. The lowest BCUT2D eigenvalue weighted by Crippen LogP contribution is -2.55. The van der Waals surface area contributed by atoms with Crippen LogP contribution in [0.1, 0.15) is 31.4 Å². The Bertz CT molecular complexity index is 886. The number of aliphatic carboxylic acids is 1. The number of benzene rings is 1. The molecule has 8 nitrogen and oxygen atoms in total. The van der Waals surface area contributed by atoms with E-state index in [2.05, 4.69) is 20.6 Å². The van der Waals surface area contributed by atoms with E-state index in [9.17, 15) is 9.59 Å². The Morgan fingerprint density at radius 2 is 2.00 bits per heavy atom. The van der Waals surface area contributed by atoms with Gasteiger partial charge in [-0.1, -0.05) is 12.1 Å². The van der Waals surface area contributed by atoms with E-state index in [0.717, 1.165) is 30.8 Å².